The van der Waals surface area contributed by atoms with Crippen LogP contribution in [0.4, 0.5) is 13.2 Å². The quantitative estimate of drug-likeness (QED) is 0.776. The van der Waals surface area contributed by atoms with Crippen LogP contribution >= 0.6 is 0 Å². The number of aromatic amines is 1. The molecule has 0 saturated carbocycles. The first-order valence-corrected chi connectivity index (χ1v) is 7.02. The number of nitrogens with one attached hydrogen (secondary N) is 1. The predicted octanol–water partition coefficient (Wildman–Crippen LogP) is 4.43. The highest BCUT2D eigenvalue weighted by Crippen LogP contribution is 2.33. The molecule has 0 bridgehead atoms. The van der Waals surface area contributed by atoms with Crippen molar-refractivity contribution < 1.29 is 17.9 Å². The summed E-state index contributed by atoms with van der Waals surface area (Å²) in [6.45, 7) is 3.78. The van der Waals surface area contributed by atoms with Gasteiger partial charge in [-0.3, -0.25) is 4.98 Å². The van der Waals surface area contributed by atoms with Crippen molar-refractivity contribution in [3.8, 4) is 17.0 Å². The fourth-order valence-electron chi connectivity index (χ4n) is 2.26. The van der Waals surface area contributed by atoms with Gasteiger partial charge in [-0.05, 0) is 38.1 Å². The fourth-order valence-corrected chi connectivity index (χ4v) is 2.26. The monoisotopic (exact) mass is 321 g/mol. The van der Waals surface area contributed by atoms with Crippen LogP contribution in [0.2, 0.25) is 0 Å². The summed E-state index contributed by atoms with van der Waals surface area (Å²) in [6.07, 6.45) is -1.34. The molecule has 0 amide bonds. The largest absolute Gasteiger partial charge is 0.489 e. The van der Waals surface area contributed by atoms with Crippen LogP contribution in [0.1, 0.15) is 19.5 Å². The number of hydrogen-bond acceptors (Lipinski definition) is 3. The minimum absolute atomic E-state index is 0.0442. The number of pyridine rings is 2. The zero-order valence-electron chi connectivity index (χ0n) is 12.5. The first-order chi connectivity index (χ1) is 10.8. The Kier molecular flexibility index (Phi) is 3.71. The molecule has 0 fully saturated rings. The zero-order valence-corrected chi connectivity index (χ0v) is 12.5. The maximum absolute atomic E-state index is 12.7. The smallest absolute Gasteiger partial charge is 0.433 e. The molecule has 3 heterocycles. The normalized spacial score (nSPS) is 12.1. The lowest BCUT2D eigenvalue weighted by Crippen LogP contribution is -2.07. The molecule has 0 aromatic carbocycles. The van der Waals surface area contributed by atoms with Gasteiger partial charge >= 0.3 is 6.18 Å². The molecule has 0 aliphatic heterocycles. The Hall–Kier alpha value is -2.57. The topological polar surface area (TPSA) is 50.8 Å². The van der Waals surface area contributed by atoms with Crippen LogP contribution < -0.4 is 4.74 Å². The van der Waals surface area contributed by atoms with Crippen LogP contribution in [0, 0.1) is 0 Å². The van der Waals surface area contributed by atoms with Crippen LogP contribution in [0.3, 0.4) is 0 Å². The second-order valence-corrected chi connectivity index (χ2v) is 5.35. The Morgan fingerprint density at radius 1 is 1.17 bits per heavy atom. The number of ether oxygens (including phenoxy) is 1. The van der Waals surface area contributed by atoms with Crippen molar-refractivity contribution in [3.05, 3.63) is 42.4 Å². The van der Waals surface area contributed by atoms with E-state index in [9.17, 15) is 13.2 Å². The number of rotatable bonds is 3. The van der Waals surface area contributed by atoms with Gasteiger partial charge < -0.3 is 9.72 Å². The highest BCUT2D eigenvalue weighted by atomic mass is 19.4. The molecule has 0 atom stereocenters. The maximum atomic E-state index is 12.7. The summed E-state index contributed by atoms with van der Waals surface area (Å²) >= 11 is 0. The molecule has 120 valence electrons. The van der Waals surface area contributed by atoms with E-state index in [-0.39, 0.29) is 11.8 Å². The first kappa shape index (κ1) is 15.3. The average molecular weight is 321 g/mol. The molecule has 0 saturated heterocycles. The van der Waals surface area contributed by atoms with E-state index < -0.39 is 11.9 Å². The molecule has 0 aliphatic rings. The van der Waals surface area contributed by atoms with Gasteiger partial charge in [-0.1, -0.05) is 0 Å². The fraction of sp³-hybridized carbons (Fsp3) is 0.250. The van der Waals surface area contributed by atoms with Crippen LogP contribution in [0.25, 0.3) is 22.3 Å². The third kappa shape index (κ3) is 3.13. The lowest BCUT2D eigenvalue weighted by Gasteiger charge is -2.12. The second-order valence-electron chi connectivity index (χ2n) is 5.35. The predicted molar refractivity (Wildman–Crippen MR) is 80.1 cm³/mol. The molecule has 23 heavy (non-hydrogen) atoms. The van der Waals surface area contributed by atoms with Crippen molar-refractivity contribution in [3.63, 3.8) is 0 Å². The molecule has 0 unspecified atom stereocenters. The zero-order chi connectivity index (χ0) is 16.6. The molecule has 0 radical (unpaired) electrons. The lowest BCUT2D eigenvalue weighted by atomic mass is 10.1. The highest BCUT2D eigenvalue weighted by Gasteiger charge is 2.32. The Balaban J connectivity index is 2.08. The molecule has 3 aromatic heterocycles. The second kappa shape index (κ2) is 5.57. The lowest BCUT2D eigenvalue weighted by molar-refractivity contribution is -0.141. The van der Waals surface area contributed by atoms with Gasteiger partial charge in [-0.15, -0.1) is 0 Å². The molecule has 4 nitrogen and oxygen atoms in total. The summed E-state index contributed by atoms with van der Waals surface area (Å²) in [7, 11) is 0. The third-order valence-electron chi connectivity index (χ3n) is 3.21. The van der Waals surface area contributed by atoms with E-state index in [0.717, 1.165) is 11.6 Å². The summed E-state index contributed by atoms with van der Waals surface area (Å²) in [5.74, 6) is 0.560. The summed E-state index contributed by atoms with van der Waals surface area (Å²) in [5, 5.41) is 0.598. The van der Waals surface area contributed by atoms with Gasteiger partial charge in [0.15, 0.2) is 0 Å². The van der Waals surface area contributed by atoms with E-state index in [4.69, 9.17) is 4.74 Å². The average Bonchev–Trinajstić information content (AvgIpc) is 2.89. The van der Waals surface area contributed by atoms with Crippen molar-refractivity contribution >= 4 is 11.0 Å². The summed E-state index contributed by atoms with van der Waals surface area (Å²) in [4.78, 5) is 10.6. The number of H-pyrrole nitrogens is 1. The highest BCUT2D eigenvalue weighted by molar-refractivity contribution is 5.84. The van der Waals surface area contributed by atoms with Crippen molar-refractivity contribution in [2.24, 2.45) is 0 Å². The van der Waals surface area contributed by atoms with Crippen LogP contribution in [-0.4, -0.2) is 21.1 Å². The first-order valence-electron chi connectivity index (χ1n) is 7.02. The summed E-state index contributed by atoms with van der Waals surface area (Å²) in [6, 6.07) is 5.85. The molecule has 3 rings (SSSR count). The van der Waals surface area contributed by atoms with E-state index in [1.165, 1.54) is 6.07 Å². The molecule has 0 aliphatic carbocycles. The SMILES string of the molecule is CC(C)Oc1cnccc1-c1cc2ccc(C(F)(F)F)nc2[nH]1. The molecule has 3 aromatic rings. The number of hydrogen-bond donors (Lipinski definition) is 1. The number of halogens is 3. The molecule has 7 heteroatoms. The van der Waals surface area contributed by atoms with Gasteiger partial charge in [-0.2, -0.15) is 13.2 Å². The van der Waals surface area contributed by atoms with Crippen molar-refractivity contribution in [2.45, 2.75) is 26.1 Å². The molecule has 0 spiro atoms. The standard InChI is InChI=1S/C16H14F3N3O/c1-9(2)23-13-8-20-6-5-11(13)12-7-10-3-4-14(16(17,18)19)22-15(10)21-12/h3-9H,1-2H3,(H,21,22). The Morgan fingerprint density at radius 2 is 1.96 bits per heavy atom. The molecular formula is C16H14F3N3O. The van der Waals surface area contributed by atoms with E-state index in [0.29, 0.717) is 16.8 Å². The molecular weight excluding hydrogens is 307 g/mol. The van der Waals surface area contributed by atoms with Gasteiger partial charge in [0.05, 0.1) is 18.0 Å². The van der Waals surface area contributed by atoms with Crippen LogP contribution in [-0.2, 0) is 6.18 Å². The Labute approximate surface area is 130 Å². The van der Waals surface area contributed by atoms with E-state index in [2.05, 4.69) is 15.0 Å². The number of nitrogens with zero attached hydrogens (tertiary/aromatic N) is 2. The van der Waals surface area contributed by atoms with E-state index in [1.54, 1.807) is 24.5 Å². The summed E-state index contributed by atoms with van der Waals surface area (Å²) in [5.41, 5.74) is 0.610. The van der Waals surface area contributed by atoms with Gasteiger partial charge in [0, 0.05) is 17.1 Å². The minimum atomic E-state index is -4.47. The number of alkyl halides is 3. The van der Waals surface area contributed by atoms with Gasteiger partial charge in [0.25, 0.3) is 0 Å². The van der Waals surface area contributed by atoms with Crippen LogP contribution in [0.15, 0.2) is 36.7 Å². The van der Waals surface area contributed by atoms with Crippen LogP contribution in [0.5, 0.6) is 5.75 Å². The van der Waals surface area contributed by atoms with Gasteiger partial charge in [-0.25, -0.2) is 4.98 Å². The van der Waals surface area contributed by atoms with Gasteiger partial charge in [0.2, 0.25) is 0 Å². The molecule has 1 N–H and O–H groups in total. The van der Waals surface area contributed by atoms with Gasteiger partial charge in [0.1, 0.15) is 17.1 Å². The third-order valence-corrected chi connectivity index (χ3v) is 3.21. The maximum Gasteiger partial charge on any atom is 0.433 e. The summed E-state index contributed by atoms with van der Waals surface area (Å²) < 4.78 is 43.9. The van der Waals surface area contributed by atoms with Crippen molar-refractivity contribution in [1.29, 1.82) is 0 Å². The van der Waals surface area contributed by atoms with E-state index >= 15 is 0 Å². The Morgan fingerprint density at radius 3 is 2.65 bits per heavy atom. The minimum Gasteiger partial charge on any atom is -0.489 e. The van der Waals surface area contributed by atoms with Crippen molar-refractivity contribution in [1.82, 2.24) is 15.0 Å². The van der Waals surface area contributed by atoms with E-state index in [1.807, 2.05) is 13.8 Å². The Bertz CT molecular complexity index is 840. The number of fused-ring (bicyclic) bond motifs is 1. The number of aromatic nitrogens is 3. The van der Waals surface area contributed by atoms with Crippen molar-refractivity contribution in [2.75, 3.05) is 0 Å².